The lowest BCUT2D eigenvalue weighted by molar-refractivity contribution is -0.160. The van der Waals surface area contributed by atoms with Gasteiger partial charge in [-0.15, -0.1) is 0 Å². The molecular formula is C35H67NO6. The Morgan fingerprint density at radius 2 is 1.45 bits per heavy atom. The second-order valence-electron chi connectivity index (χ2n) is 14.6. The van der Waals surface area contributed by atoms with Gasteiger partial charge in [0.05, 0.1) is 18.6 Å². The van der Waals surface area contributed by atoms with Crippen molar-refractivity contribution in [2.45, 2.75) is 158 Å². The molecule has 0 aromatic heterocycles. The molecule has 0 saturated heterocycles. The number of ether oxygens (including phenoxy) is 3. The third-order valence-corrected chi connectivity index (χ3v) is 8.78. The van der Waals surface area contributed by atoms with E-state index in [9.17, 15) is 14.4 Å². The van der Waals surface area contributed by atoms with Crippen molar-refractivity contribution in [1.82, 2.24) is 5.32 Å². The molecular weight excluding hydrogens is 530 g/mol. The van der Waals surface area contributed by atoms with Gasteiger partial charge in [-0.25, -0.2) is 0 Å². The first kappa shape index (κ1) is 40.5. The van der Waals surface area contributed by atoms with Gasteiger partial charge in [0.1, 0.15) is 17.8 Å². The van der Waals surface area contributed by atoms with Gasteiger partial charge in [0.15, 0.2) is 5.78 Å². The van der Waals surface area contributed by atoms with Crippen LogP contribution in [0.15, 0.2) is 0 Å². The predicted octanol–water partition coefficient (Wildman–Crippen LogP) is 8.07. The van der Waals surface area contributed by atoms with Gasteiger partial charge in [-0.1, -0.05) is 81.1 Å². The van der Waals surface area contributed by atoms with E-state index >= 15 is 0 Å². The molecule has 0 rings (SSSR count). The zero-order valence-corrected chi connectivity index (χ0v) is 29.5. The topological polar surface area (TPSA) is 90.9 Å². The maximum absolute atomic E-state index is 12.9. The molecule has 0 aromatic carbocycles. The molecule has 0 saturated carbocycles. The molecule has 7 nitrogen and oxygen atoms in total. The van der Waals surface area contributed by atoms with E-state index in [0.29, 0.717) is 32.0 Å². The minimum Gasteiger partial charge on any atom is -0.463 e. The van der Waals surface area contributed by atoms with Gasteiger partial charge in [0.2, 0.25) is 0 Å². The largest absolute Gasteiger partial charge is 0.463 e. The monoisotopic (exact) mass is 597 g/mol. The average Bonchev–Trinajstić information content (AvgIpc) is 2.91. The Morgan fingerprint density at radius 1 is 0.810 bits per heavy atom. The standard InChI is InChI=1S/C35H67NO6/c1-13-16-20-28(14-2)25-42-33(9,10)29(37)21-18-17-19-23-41-35(12,15-3)30(38)36-22-24-40-31(39)34(11,27(4)5)26-32(6,7)8/h27-28H,13-26H2,1-12H3,(H,36,38). The summed E-state index contributed by atoms with van der Waals surface area (Å²) >= 11 is 0. The maximum Gasteiger partial charge on any atom is 0.312 e. The number of unbranched alkanes of at least 4 members (excludes halogenated alkanes) is 3. The fourth-order valence-corrected chi connectivity index (χ4v) is 5.07. The SMILES string of the molecule is CCCCC(CC)COC(C)(C)C(=O)CCCCCOC(C)(CC)C(=O)NCCOC(=O)C(C)(CC(C)(C)C)C(C)C. The number of Topliss-reactive ketones (excluding diaryl/α,β-unsaturated/α-hetero) is 1. The third kappa shape index (κ3) is 14.8. The Bertz CT molecular complexity index is 802. The number of rotatable bonds is 23. The van der Waals surface area contributed by atoms with Gasteiger partial charge in [-0.05, 0) is 77.0 Å². The van der Waals surface area contributed by atoms with E-state index in [-0.39, 0.29) is 42.1 Å². The van der Waals surface area contributed by atoms with Crippen LogP contribution in [0.2, 0.25) is 0 Å². The number of nitrogens with one attached hydrogen (secondary N) is 1. The van der Waals surface area contributed by atoms with Crippen LogP contribution >= 0.6 is 0 Å². The number of carbonyl (C=O) groups excluding carboxylic acids is 3. The number of ketones is 1. The quantitative estimate of drug-likeness (QED) is 0.0946. The molecule has 1 amide bonds. The van der Waals surface area contributed by atoms with Crippen molar-refractivity contribution in [3.8, 4) is 0 Å². The van der Waals surface area contributed by atoms with Crippen molar-refractivity contribution in [2.75, 3.05) is 26.4 Å². The van der Waals surface area contributed by atoms with Crippen LogP contribution in [0.3, 0.4) is 0 Å². The fraction of sp³-hybridized carbons (Fsp3) is 0.914. The first-order chi connectivity index (χ1) is 19.4. The number of hydrogen-bond donors (Lipinski definition) is 1. The molecule has 0 aliphatic heterocycles. The van der Waals surface area contributed by atoms with E-state index in [0.717, 1.165) is 38.5 Å². The van der Waals surface area contributed by atoms with Crippen molar-refractivity contribution in [3.63, 3.8) is 0 Å². The molecule has 3 atom stereocenters. The normalized spacial score (nSPS) is 16.0. The third-order valence-electron chi connectivity index (χ3n) is 8.78. The second-order valence-corrected chi connectivity index (χ2v) is 14.6. The first-order valence-electron chi connectivity index (χ1n) is 16.6. The zero-order valence-electron chi connectivity index (χ0n) is 29.5. The molecule has 3 unspecified atom stereocenters. The van der Waals surface area contributed by atoms with Gasteiger partial charge in [0.25, 0.3) is 5.91 Å². The molecule has 0 aromatic rings. The van der Waals surface area contributed by atoms with Crippen LogP contribution in [0.1, 0.15) is 147 Å². The first-order valence-corrected chi connectivity index (χ1v) is 16.6. The van der Waals surface area contributed by atoms with Crippen LogP contribution in [0, 0.1) is 22.7 Å². The average molecular weight is 598 g/mol. The van der Waals surface area contributed by atoms with Crippen LogP contribution in [-0.4, -0.2) is 55.2 Å². The van der Waals surface area contributed by atoms with Gasteiger partial charge in [-0.2, -0.15) is 0 Å². The minimum atomic E-state index is -0.956. The molecule has 248 valence electrons. The molecule has 1 N–H and O–H groups in total. The lowest BCUT2D eigenvalue weighted by atomic mass is 9.69. The molecule has 0 heterocycles. The maximum atomic E-state index is 12.9. The molecule has 0 fully saturated rings. The molecule has 42 heavy (non-hydrogen) atoms. The summed E-state index contributed by atoms with van der Waals surface area (Å²) in [6, 6.07) is 0. The highest BCUT2D eigenvalue weighted by molar-refractivity contribution is 5.86. The van der Waals surface area contributed by atoms with E-state index in [1.54, 1.807) is 6.92 Å². The second kappa shape index (κ2) is 19.0. The Labute approximate surface area is 259 Å². The molecule has 7 heteroatoms. The van der Waals surface area contributed by atoms with E-state index in [2.05, 4.69) is 39.9 Å². The molecule has 0 spiro atoms. The Kier molecular flexibility index (Phi) is 18.4. The number of carbonyl (C=O) groups is 3. The molecule has 0 bridgehead atoms. The molecule has 0 aliphatic carbocycles. The summed E-state index contributed by atoms with van der Waals surface area (Å²) in [5, 5.41) is 2.88. The van der Waals surface area contributed by atoms with Crippen molar-refractivity contribution in [1.29, 1.82) is 0 Å². The van der Waals surface area contributed by atoms with E-state index < -0.39 is 16.6 Å². The van der Waals surface area contributed by atoms with Crippen molar-refractivity contribution in [2.24, 2.45) is 22.7 Å². The van der Waals surface area contributed by atoms with Crippen molar-refractivity contribution < 1.29 is 28.6 Å². The Hall–Kier alpha value is -1.47. The lowest BCUT2D eigenvalue weighted by Crippen LogP contribution is -2.47. The van der Waals surface area contributed by atoms with Crippen LogP contribution in [0.5, 0.6) is 0 Å². The highest BCUT2D eigenvalue weighted by Gasteiger charge is 2.41. The van der Waals surface area contributed by atoms with Gasteiger partial charge in [-0.3, -0.25) is 14.4 Å². The molecule has 0 aliphatic rings. The zero-order chi connectivity index (χ0) is 32.6. The smallest absolute Gasteiger partial charge is 0.312 e. The Balaban J connectivity index is 4.50. The van der Waals surface area contributed by atoms with Crippen molar-refractivity contribution in [3.05, 3.63) is 0 Å². The number of hydrogen-bond acceptors (Lipinski definition) is 6. The summed E-state index contributed by atoms with van der Waals surface area (Å²) in [4.78, 5) is 38.6. The van der Waals surface area contributed by atoms with Gasteiger partial charge >= 0.3 is 5.97 Å². The summed E-state index contributed by atoms with van der Waals surface area (Å²) in [5.74, 6) is 0.359. The summed E-state index contributed by atoms with van der Waals surface area (Å²) in [5.41, 5.74) is -2.30. The van der Waals surface area contributed by atoms with E-state index in [1.165, 1.54) is 12.8 Å². The van der Waals surface area contributed by atoms with Gasteiger partial charge in [0, 0.05) is 13.0 Å². The van der Waals surface area contributed by atoms with Crippen LogP contribution < -0.4 is 5.32 Å². The summed E-state index contributed by atoms with van der Waals surface area (Å²) in [6.45, 7) is 25.7. The summed E-state index contributed by atoms with van der Waals surface area (Å²) in [7, 11) is 0. The fourth-order valence-electron chi connectivity index (χ4n) is 5.07. The number of amides is 1. The number of esters is 1. The van der Waals surface area contributed by atoms with E-state index in [4.69, 9.17) is 14.2 Å². The summed E-state index contributed by atoms with van der Waals surface area (Å²) in [6.07, 6.45) is 8.71. The van der Waals surface area contributed by atoms with Crippen molar-refractivity contribution >= 4 is 17.7 Å². The highest BCUT2D eigenvalue weighted by atomic mass is 16.5. The van der Waals surface area contributed by atoms with E-state index in [1.807, 2.05) is 41.5 Å². The van der Waals surface area contributed by atoms with Crippen LogP contribution in [-0.2, 0) is 28.6 Å². The lowest BCUT2D eigenvalue weighted by Gasteiger charge is -2.36. The highest BCUT2D eigenvalue weighted by Crippen LogP contribution is 2.40. The summed E-state index contributed by atoms with van der Waals surface area (Å²) < 4.78 is 17.7. The van der Waals surface area contributed by atoms with Crippen LogP contribution in [0.25, 0.3) is 0 Å². The predicted molar refractivity (Wildman–Crippen MR) is 172 cm³/mol. The van der Waals surface area contributed by atoms with Crippen LogP contribution in [0.4, 0.5) is 0 Å². The minimum absolute atomic E-state index is 0.000941. The Morgan fingerprint density at radius 3 is 1.98 bits per heavy atom. The molecule has 0 radical (unpaired) electrons. The van der Waals surface area contributed by atoms with Gasteiger partial charge < -0.3 is 19.5 Å².